The maximum atomic E-state index is 12.8. The molecule has 0 aromatic heterocycles. The van der Waals surface area contributed by atoms with Crippen molar-refractivity contribution in [1.82, 2.24) is 4.72 Å². The molecule has 4 N–H and O–H groups in total. The number of sulfonamides is 2. The van der Waals surface area contributed by atoms with E-state index in [1.807, 2.05) is 0 Å². The first kappa shape index (κ1) is 23.0. The van der Waals surface area contributed by atoms with E-state index in [9.17, 15) is 16.8 Å². The van der Waals surface area contributed by atoms with Gasteiger partial charge in [-0.1, -0.05) is 6.42 Å². The molecule has 2 atom stereocenters. The Balaban J connectivity index is 0.00000338. The fourth-order valence-corrected chi connectivity index (χ4v) is 5.12. The zero-order valence-electron chi connectivity index (χ0n) is 14.8. The number of nitrogens with one attached hydrogen (secondary N) is 2. The summed E-state index contributed by atoms with van der Waals surface area (Å²) in [6.45, 7) is 1.88. The molecule has 1 aromatic carbocycles. The number of nitrogens with two attached hydrogens (primary N) is 1. The Hall–Kier alpha value is -1.07. The summed E-state index contributed by atoms with van der Waals surface area (Å²) in [5, 5.41) is 0. The van der Waals surface area contributed by atoms with Gasteiger partial charge in [-0.15, -0.1) is 12.4 Å². The quantitative estimate of drug-likeness (QED) is 0.573. The van der Waals surface area contributed by atoms with Gasteiger partial charge in [-0.25, -0.2) is 21.6 Å². The van der Waals surface area contributed by atoms with Crippen LogP contribution in [-0.4, -0.2) is 42.3 Å². The number of ether oxygens (including phenoxy) is 1. The molecular weight excluding hydrogens is 402 g/mol. The van der Waals surface area contributed by atoms with Crippen molar-refractivity contribution in [2.45, 2.75) is 37.1 Å². The van der Waals surface area contributed by atoms with E-state index in [-0.39, 0.29) is 40.7 Å². The van der Waals surface area contributed by atoms with E-state index >= 15 is 0 Å². The van der Waals surface area contributed by atoms with Crippen LogP contribution in [-0.2, 0) is 20.0 Å². The first-order chi connectivity index (χ1) is 11.7. The molecule has 150 valence electrons. The van der Waals surface area contributed by atoms with Gasteiger partial charge in [0.2, 0.25) is 20.0 Å². The summed E-state index contributed by atoms with van der Waals surface area (Å²) < 4.78 is 59.5. The minimum absolute atomic E-state index is 0. The molecule has 8 nitrogen and oxygen atoms in total. The summed E-state index contributed by atoms with van der Waals surface area (Å²) in [6.07, 6.45) is 2.50. The average molecular weight is 428 g/mol. The van der Waals surface area contributed by atoms with Gasteiger partial charge in [-0.2, -0.15) is 0 Å². The Kier molecular flexibility index (Phi) is 8.15. The first-order valence-electron chi connectivity index (χ1n) is 8.13. The van der Waals surface area contributed by atoms with Crippen LogP contribution < -0.4 is 19.9 Å². The highest BCUT2D eigenvalue weighted by atomic mass is 35.5. The van der Waals surface area contributed by atoms with Crippen molar-refractivity contribution in [2.75, 3.05) is 24.1 Å². The molecule has 0 saturated heterocycles. The van der Waals surface area contributed by atoms with Gasteiger partial charge in [0.15, 0.2) is 0 Å². The largest absolute Gasteiger partial charge is 0.497 e. The Morgan fingerprint density at radius 3 is 2.50 bits per heavy atom. The van der Waals surface area contributed by atoms with Gasteiger partial charge >= 0.3 is 0 Å². The minimum Gasteiger partial charge on any atom is -0.497 e. The zero-order chi connectivity index (χ0) is 18.7. The van der Waals surface area contributed by atoms with Crippen LogP contribution >= 0.6 is 12.4 Å². The highest BCUT2D eigenvalue weighted by Crippen LogP contribution is 2.30. The van der Waals surface area contributed by atoms with Crippen LogP contribution in [0.2, 0.25) is 0 Å². The predicted molar refractivity (Wildman–Crippen MR) is 104 cm³/mol. The van der Waals surface area contributed by atoms with E-state index in [0.29, 0.717) is 18.7 Å². The number of hydrogen-bond acceptors (Lipinski definition) is 6. The molecule has 0 aliphatic heterocycles. The van der Waals surface area contributed by atoms with Crippen LogP contribution in [0.15, 0.2) is 23.1 Å². The van der Waals surface area contributed by atoms with Crippen molar-refractivity contribution >= 4 is 38.1 Å². The van der Waals surface area contributed by atoms with Crippen LogP contribution in [0.1, 0.15) is 26.2 Å². The third kappa shape index (κ3) is 5.46. The second-order valence-electron chi connectivity index (χ2n) is 6.02. The number of hydrogen-bond donors (Lipinski definition) is 3. The molecule has 2 unspecified atom stereocenters. The van der Waals surface area contributed by atoms with E-state index in [1.54, 1.807) is 0 Å². The third-order valence-electron chi connectivity index (χ3n) is 4.39. The standard InChI is InChI=1S/C15H25N3O5S2.ClH/c1-3-24(19,20)17-14-9-12(23-2)7-8-15(14)25(21,22)18-13-6-4-5-11(13)10-16;/h7-9,11,13,17-18H,3-6,10,16H2,1-2H3;1H. The van der Waals surface area contributed by atoms with Crippen molar-refractivity contribution in [1.29, 1.82) is 0 Å². The molecule has 0 heterocycles. The Morgan fingerprint density at radius 2 is 1.92 bits per heavy atom. The van der Waals surface area contributed by atoms with Gasteiger partial charge in [0.25, 0.3) is 0 Å². The van der Waals surface area contributed by atoms with E-state index < -0.39 is 20.0 Å². The lowest BCUT2D eigenvalue weighted by molar-refractivity contribution is 0.414. The normalized spacial score (nSPS) is 20.4. The molecule has 1 saturated carbocycles. The predicted octanol–water partition coefficient (Wildman–Crippen LogP) is 1.28. The smallest absolute Gasteiger partial charge is 0.242 e. The molecule has 0 bridgehead atoms. The Bertz CT molecular complexity index is 815. The second kappa shape index (κ2) is 9.23. The monoisotopic (exact) mass is 427 g/mol. The molecule has 0 spiro atoms. The maximum Gasteiger partial charge on any atom is 0.242 e. The summed E-state index contributed by atoms with van der Waals surface area (Å²) >= 11 is 0. The van der Waals surface area contributed by atoms with Crippen LogP contribution in [0.4, 0.5) is 5.69 Å². The summed E-state index contributed by atoms with van der Waals surface area (Å²) in [6, 6.07) is 3.93. The Labute approximate surface area is 161 Å². The fraction of sp³-hybridized carbons (Fsp3) is 0.600. The molecule has 1 aliphatic carbocycles. The summed E-state index contributed by atoms with van der Waals surface area (Å²) in [7, 11) is -6.13. The van der Waals surface area contributed by atoms with Gasteiger partial charge in [-0.3, -0.25) is 4.72 Å². The first-order valence-corrected chi connectivity index (χ1v) is 11.3. The molecule has 0 amide bonds. The van der Waals surface area contributed by atoms with Crippen LogP contribution in [0.5, 0.6) is 5.75 Å². The number of benzene rings is 1. The molecule has 1 aromatic rings. The van der Waals surface area contributed by atoms with E-state index in [2.05, 4.69) is 9.44 Å². The third-order valence-corrected chi connectivity index (χ3v) is 7.23. The molecule has 2 rings (SSSR count). The lowest BCUT2D eigenvalue weighted by Crippen LogP contribution is -2.40. The lowest BCUT2D eigenvalue weighted by atomic mass is 10.1. The summed E-state index contributed by atoms with van der Waals surface area (Å²) in [4.78, 5) is -0.131. The highest BCUT2D eigenvalue weighted by Gasteiger charge is 2.31. The minimum atomic E-state index is -3.91. The zero-order valence-corrected chi connectivity index (χ0v) is 17.2. The topological polar surface area (TPSA) is 128 Å². The van der Waals surface area contributed by atoms with E-state index in [0.717, 1.165) is 12.8 Å². The second-order valence-corrected chi connectivity index (χ2v) is 9.72. The van der Waals surface area contributed by atoms with Crippen LogP contribution in [0.3, 0.4) is 0 Å². The number of anilines is 1. The van der Waals surface area contributed by atoms with Crippen molar-refractivity contribution in [3.8, 4) is 5.75 Å². The van der Waals surface area contributed by atoms with Gasteiger partial charge in [0.05, 0.1) is 18.6 Å². The highest BCUT2D eigenvalue weighted by molar-refractivity contribution is 7.93. The molecular formula is C15H26ClN3O5S2. The SMILES string of the molecule is CCS(=O)(=O)Nc1cc(OC)ccc1S(=O)(=O)NC1CCCC1CN.Cl. The van der Waals surface area contributed by atoms with Crippen molar-refractivity contribution in [3.05, 3.63) is 18.2 Å². The van der Waals surface area contributed by atoms with Crippen molar-refractivity contribution < 1.29 is 21.6 Å². The van der Waals surface area contributed by atoms with E-state index in [1.165, 1.54) is 32.2 Å². The molecule has 1 fully saturated rings. The van der Waals surface area contributed by atoms with Crippen LogP contribution in [0.25, 0.3) is 0 Å². The van der Waals surface area contributed by atoms with E-state index in [4.69, 9.17) is 10.5 Å². The van der Waals surface area contributed by atoms with Gasteiger partial charge in [0.1, 0.15) is 10.6 Å². The number of halogens is 1. The molecule has 0 radical (unpaired) electrons. The molecule has 26 heavy (non-hydrogen) atoms. The molecule has 11 heteroatoms. The maximum absolute atomic E-state index is 12.8. The summed E-state index contributed by atoms with van der Waals surface area (Å²) in [5.41, 5.74) is 5.68. The Morgan fingerprint density at radius 1 is 1.23 bits per heavy atom. The van der Waals surface area contributed by atoms with Crippen molar-refractivity contribution in [2.24, 2.45) is 11.7 Å². The van der Waals surface area contributed by atoms with Crippen LogP contribution in [0, 0.1) is 5.92 Å². The number of methoxy groups -OCH3 is 1. The number of rotatable bonds is 8. The molecule has 1 aliphatic rings. The van der Waals surface area contributed by atoms with Gasteiger partial charge in [-0.05, 0) is 44.4 Å². The lowest BCUT2D eigenvalue weighted by Gasteiger charge is -2.21. The van der Waals surface area contributed by atoms with Gasteiger partial charge in [0, 0.05) is 12.1 Å². The fourth-order valence-electron chi connectivity index (χ4n) is 2.93. The average Bonchev–Trinajstić information content (AvgIpc) is 3.00. The van der Waals surface area contributed by atoms with Crippen molar-refractivity contribution in [3.63, 3.8) is 0 Å². The van der Waals surface area contributed by atoms with Gasteiger partial charge < -0.3 is 10.5 Å². The summed E-state index contributed by atoms with van der Waals surface area (Å²) in [5.74, 6) is 0.270.